The summed E-state index contributed by atoms with van der Waals surface area (Å²) in [4.78, 5) is 12.4. The van der Waals surface area contributed by atoms with Gasteiger partial charge in [-0.2, -0.15) is 14.9 Å². The molecule has 0 amide bonds. The standard InChI is InChI=1S/C19H15BrN4O/c20-18-17(23-21-13-7-10-15-8-3-1-4-9-15)14-22-24(19(18)25)16-11-5-2-6-12-16/h1-14,23H/b10-7+,21-13-. The van der Waals surface area contributed by atoms with Crippen LogP contribution in [0.15, 0.2) is 87.3 Å². The Morgan fingerprint density at radius 2 is 1.72 bits per heavy atom. The average Bonchev–Trinajstić information content (AvgIpc) is 2.66. The van der Waals surface area contributed by atoms with Gasteiger partial charge in [-0.1, -0.05) is 54.6 Å². The van der Waals surface area contributed by atoms with Gasteiger partial charge in [0.2, 0.25) is 0 Å². The first-order chi connectivity index (χ1) is 12.3. The fourth-order valence-electron chi connectivity index (χ4n) is 2.13. The van der Waals surface area contributed by atoms with Crippen LogP contribution in [0.1, 0.15) is 5.56 Å². The lowest BCUT2D eigenvalue weighted by molar-refractivity contribution is 0.801. The van der Waals surface area contributed by atoms with Gasteiger partial charge in [-0.15, -0.1) is 0 Å². The topological polar surface area (TPSA) is 59.3 Å². The van der Waals surface area contributed by atoms with E-state index in [1.54, 1.807) is 12.4 Å². The summed E-state index contributed by atoms with van der Waals surface area (Å²) in [5.74, 6) is 0. The predicted octanol–water partition coefficient (Wildman–Crippen LogP) is 4.11. The zero-order valence-corrected chi connectivity index (χ0v) is 14.8. The van der Waals surface area contributed by atoms with Gasteiger partial charge in [0.15, 0.2) is 0 Å². The lowest BCUT2D eigenvalue weighted by Crippen LogP contribution is -2.22. The Labute approximate surface area is 153 Å². The Bertz CT molecular complexity index is 950. The summed E-state index contributed by atoms with van der Waals surface area (Å²) in [6.45, 7) is 0. The number of hydrazone groups is 1. The lowest BCUT2D eigenvalue weighted by atomic mass is 10.2. The van der Waals surface area contributed by atoms with Crippen LogP contribution in [0, 0.1) is 0 Å². The Morgan fingerprint density at radius 3 is 2.44 bits per heavy atom. The monoisotopic (exact) mass is 394 g/mol. The van der Waals surface area contributed by atoms with E-state index in [9.17, 15) is 4.79 Å². The fraction of sp³-hybridized carbons (Fsp3) is 0. The summed E-state index contributed by atoms with van der Waals surface area (Å²) >= 11 is 3.31. The number of allylic oxidation sites excluding steroid dienone is 1. The molecule has 0 bridgehead atoms. The molecule has 1 N–H and O–H groups in total. The lowest BCUT2D eigenvalue weighted by Gasteiger charge is -2.07. The van der Waals surface area contributed by atoms with Gasteiger partial charge >= 0.3 is 0 Å². The van der Waals surface area contributed by atoms with Crippen LogP contribution >= 0.6 is 15.9 Å². The third-order valence-corrected chi connectivity index (χ3v) is 4.12. The van der Waals surface area contributed by atoms with Gasteiger partial charge in [-0.3, -0.25) is 10.2 Å². The van der Waals surface area contributed by atoms with Crippen LogP contribution in [0.4, 0.5) is 5.69 Å². The average molecular weight is 395 g/mol. The Hall–Kier alpha value is -2.99. The summed E-state index contributed by atoms with van der Waals surface area (Å²) < 4.78 is 1.70. The van der Waals surface area contributed by atoms with Crippen molar-refractivity contribution in [3.05, 3.63) is 93.3 Å². The smallest absolute Gasteiger partial charge is 0.276 e. The molecule has 0 fully saturated rings. The molecular weight excluding hydrogens is 380 g/mol. The van der Waals surface area contributed by atoms with E-state index in [1.807, 2.05) is 72.8 Å². The Balaban J connectivity index is 1.71. The molecule has 2 aromatic carbocycles. The number of rotatable bonds is 5. The number of para-hydroxylation sites is 1. The van der Waals surface area contributed by atoms with E-state index in [4.69, 9.17) is 0 Å². The normalized spacial score (nSPS) is 11.2. The number of anilines is 1. The van der Waals surface area contributed by atoms with Crippen LogP contribution in [0.2, 0.25) is 0 Å². The molecule has 0 aliphatic heterocycles. The number of nitrogens with one attached hydrogen (secondary N) is 1. The molecule has 1 heterocycles. The van der Waals surface area contributed by atoms with Gasteiger partial charge in [0.1, 0.15) is 4.47 Å². The van der Waals surface area contributed by atoms with Gasteiger partial charge in [-0.25, -0.2) is 0 Å². The number of hydrogen-bond donors (Lipinski definition) is 1. The van der Waals surface area contributed by atoms with Crippen LogP contribution in [0.3, 0.4) is 0 Å². The van der Waals surface area contributed by atoms with E-state index >= 15 is 0 Å². The molecule has 0 aliphatic carbocycles. The molecule has 3 rings (SSSR count). The van der Waals surface area contributed by atoms with Crippen LogP contribution in [-0.2, 0) is 0 Å². The molecule has 0 radical (unpaired) electrons. The second-order valence-corrected chi connectivity index (χ2v) is 5.88. The third-order valence-electron chi connectivity index (χ3n) is 3.35. The second-order valence-electron chi connectivity index (χ2n) is 5.08. The van der Waals surface area contributed by atoms with Gasteiger partial charge in [0, 0.05) is 6.21 Å². The predicted molar refractivity (Wildman–Crippen MR) is 105 cm³/mol. The van der Waals surface area contributed by atoms with Crippen molar-refractivity contribution < 1.29 is 0 Å². The minimum absolute atomic E-state index is 0.258. The van der Waals surface area contributed by atoms with Crippen molar-refractivity contribution in [3.8, 4) is 5.69 Å². The summed E-state index contributed by atoms with van der Waals surface area (Å²) in [7, 11) is 0. The van der Waals surface area contributed by atoms with Gasteiger partial charge in [0.25, 0.3) is 5.56 Å². The van der Waals surface area contributed by atoms with E-state index in [1.165, 1.54) is 4.68 Å². The molecule has 0 spiro atoms. The van der Waals surface area contributed by atoms with Gasteiger partial charge < -0.3 is 0 Å². The first-order valence-corrected chi connectivity index (χ1v) is 8.39. The summed E-state index contributed by atoms with van der Waals surface area (Å²) in [6.07, 6.45) is 6.92. The molecule has 0 saturated heterocycles. The zero-order chi connectivity index (χ0) is 17.5. The third kappa shape index (κ3) is 4.30. The van der Waals surface area contributed by atoms with Crippen LogP contribution in [0.25, 0.3) is 11.8 Å². The first kappa shape index (κ1) is 16.9. The first-order valence-electron chi connectivity index (χ1n) is 7.60. The SMILES string of the molecule is O=c1c(Br)c(N/N=C\C=C\c2ccccc2)cnn1-c1ccccc1. The molecular formula is C19H15BrN4O. The van der Waals surface area contributed by atoms with Gasteiger partial charge in [0.05, 0.1) is 17.6 Å². The molecule has 5 nitrogen and oxygen atoms in total. The largest absolute Gasteiger partial charge is 0.287 e. The van der Waals surface area contributed by atoms with Crippen molar-refractivity contribution in [3.63, 3.8) is 0 Å². The summed E-state index contributed by atoms with van der Waals surface area (Å²) in [5, 5.41) is 8.26. The summed E-state index contributed by atoms with van der Waals surface area (Å²) in [6, 6.07) is 19.1. The molecule has 6 heteroatoms. The minimum atomic E-state index is -0.258. The van der Waals surface area contributed by atoms with Crippen molar-refractivity contribution in [1.82, 2.24) is 9.78 Å². The number of benzene rings is 2. The second kappa shape index (κ2) is 8.21. The maximum atomic E-state index is 12.4. The van der Waals surface area contributed by atoms with Crippen molar-refractivity contribution in [2.24, 2.45) is 5.10 Å². The van der Waals surface area contributed by atoms with E-state index in [0.29, 0.717) is 15.8 Å². The highest BCUT2D eigenvalue weighted by atomic mass is 79.9. The minimum Gasteiger partial charge on any atom is -0.276 e. The zero-order valence-electron chi connectivity index (χ0n) is 13.2. The molecule has 0 aliphatic rings. The fourth-order valence-corrected chi connectivity index (χ4v) is 2.49. The Kier molecular flexibility index (Phi) is 5.53. The molecule has 25 heavy (non-hydrogen) atoms. The maximum absolute atomic E-state index is 12.4. The number of hydrogen-bond acceptors (Lipinski definition) is 4. The number of halogens is 1. The van der Waals surface area contributed by atoms with Crippen molar-refractivity contribution >= 4 is 33.9 Å². The highest BCUT2D eigenvalue weighted by molar-refractivity contribution is 9.10. The van der Waals surface area contributed by atoms with E-state index in [2.05, 4.69) is 31.6 Å². The highest BCUT2D eigenvalue weighted by Crippen LogP contribution is 2.17. The molecule has 124 valence electrons. The molecule has 3 aromatic rings. The number of aromatic nitrogens is 2. The van der Waals surface area contributed by atoms with Crippen molar-refractivity contribution in [1.29, 1.82) is 0 Å². The Morgan fingerprint density at radius 1 is 1.04 bits per heavy atom. The highest BCUT2D eigenvalue weighted by Gasteiger charge is 2.09. The number of nitrogens with zero attached hydrogens (tertiary/aromatic N) is 3. The van der Waals surface area contributed by atoms with Crippen molar-refractivity contribution in [2.45, 2.75) is 0 Å². The summed E-state index contributed by atoms with van der Waals surface area (Å²) in [5.41, 5.74) is 4.85. The molecule has 0 unspecified atom stereocenters. The molecule has 0 atom stereocenters. The van der Waals surface area contributed by atoms with Crippen molar-refractivity contribution in [2.75, 3.05) is 5.43 Å². The molecule has 0 saturated carbocycles. The molecule has 1 aromatic heterocycles. The van der Waals surface area contributed by atoms with Crippen LogP contribution in [0.5, 0.6) is 0 Å². The quantitative estimate of drug-likeness (QED) is 0.523. The van der Waals surface area contributed by atoms with Gasteiger partial charge in [-0.05, 0) is 39.7 Å². The van der Waals surface area contributed by atoms with Crippen LogP contribution in [-0.4, -0.2) is 16.0 Å². The maximum Gasteiger partial charge on any atom is 0.287 e. The van der Waals surface area contributed by atoms with E-state index < -0.39 is 0 Å². The van der Waals surface area contributed by atoms with Crippen LogP contribution < -0.4 is 11.0 Å². The van der Waals surface area contributed by atoms with E-state index in [-0.39, 0.29) is 5.56 Å². The van der Waals surface area contributed by atoms with E-state index in [0.717, 1.165) is 5.56 Å².